The van der Waals surface area contributed by atoms with E-state index in [1.165, 1.54) is 10.7 Å². The minimum Gasteiger partial charge on any atom is -0.276 e. The third kappa shape index (κ3) is 4.63. The fourth-order valence-corrected chi connectivity index (χ4v) is 4.24. The van der Waals surface area contributed by atoms with Gasteiger partial charge in [0, 0.05) is 14.6 Å². The molecule has 0 aliphatic carbocycles. The van der Waals surface area contributed by atoms with Crippen LogP contribution in [-0.2, 0) is 21.4 Å². The second-order valence-corrected chi connectivity index (χ2v) is 8.23. The Morgan fingerprint density at radius 2 is 1.96 bits per heavy atom. The molecule has 1 heterocycles. The van der Waals surface area contributed by atoms with Crippen LogP contribution in [0.2, 0.25) is 0 Å². The number of nitrogens with zero attached hydrogens (tertiary/aromatic N) is 2. The molecule has 0 aliphatic heterocycles. The van der Waals surface area contributed by atoms with Gasteiger partial charge in [0.05, 0.1) is 10.6 Å². The summed E-state index contributed by atoms with van der Waals surface area (Å²) in [6.45, 7) is 3.55. The Morgan fingerprint density at radius 3 is 2.57 bits per heavy atom. The van der Waals surface area contributed by atoms with E-state index in [4.69, 9.17) is 0 Å². The van der Waals surface area contributed by atoms with E-state index in [-0.39, 0.29) is 11.4 Å². The average Bonchev–Trinajstić information content (AvgIpc) is 2.77. The molecule has 0 saturated carbocycles. The van der Waals surface area contributed by atoms with Crippen LogP contribution in [0.25, 0.3) is 0 Å². The molecule has 10 heteroatoms. The number of hydrazine groups is 1. The molecular formula is C13H14Br2N4O3S. The number of hydrogen-bond donors (Lipinski definition) is 2. The number of halogens is 2. The zero-order valence-electron chi connectivity index (χ0n) is 12.3. The van der Waals surface area contributed by atoms with E-state index in [1.54, 1.807) is 12.1 Å². The van der Waals surface area contributed by atoms with E-state index in [0.717, 1.165) is 11.4 Å². The van der Waals surface area contributed by atoms with Gasteiger partial charge >= 0.3 is 0 Å². The van der Waals surface area contributed by atoms with Crippen LogP contribution in [0, 0.1) is 13.8 Å². The summed E-state index contributed by atoms with van der Waals surface area (Å²) in [4.78, 5) is 14.0. The Morgan fingerprint density at radius 1 is 1.26 bits per heavy atom. The molecule has 23 heavy (non-hydrogen) atoms. The predicted molar refractivity (Wildman–Crippen MR) is 92.0 cm³/mol. The quantitative estimate of drug-likeness (QED) is 0.660. The van der Waals surface area contributed by atoms with Gasteiger partial charge in [0.25, 0.3) is 15.9 Å². The number of aromatic nitrogens is 2. The maximum absolute atomic E-state index is 12.2. The van der Waals surface area contributed by atoms with E-state index in [1.807, 2.05) is 19.9 Å². The minimum atomic E-state index is -3.89. The molecule has 0 fully saturated rings. The van der Waals surface area contributed by atoms with Crippen LogP contribution in [0.1, 0.15) is 11.4 Å². The van der Waals surface area contributed by atoms with Gasteiger partial charge in [-0.2, -0.15) is 5.10 Å². The van der Waals surface area contributed by atoms with Gasteiger partial charge in [-0.3, -0.25) is 14.9 Å². The lowest BCUT2D eigenvalue weighted by atomic mass is 10.4. The molecule has 2 N–H and O–H groups in total. The van der Waals surface area contributed by atoms with Crippen LogP contribution >= 0.6 is 31.9 Å². The van der Waals surface area contributed by atoms with Gasteiger partial charge in [-0.1, -0.05) is 15.9 Å². The maximum Gasteiger partial charge on any atom is 0.258 e. The highest BCUT2D eigenvalue weighted by Crippen LogP contribution is 2.25. The molecule has 1 aromatic heterocycles. The summed E-state index contributed by atoms with van der Waals surface area (Å²) in [5.74, 6) is -0.522. The zero-order chi connectivity index (χ0) is 17.2. The molecule has 0 saturated heterocycles. The van der Waals surface area contributed by atoms with Gasteiger partial charge in [-0.15, -0.1) is 4.83 Å². The Labute approximate surface area is 150 Å². The summed E-state index contributed by atoms with van der Waals surface area (Å²) in [5.41, 5.74) is 3.78. The van der Waals surface area contributed by atoms with Crippen molar-refractivity contribution in [3.8, 4) is 0 Å². The third-order valence-corrected chi connectivity index (χ3v) is 5.64. The standard InChI is InChI=1S/C13H14Br2N4O3S/c1-8-5-9(2)19(17-8)7-13(20)16-18-23(21,22)12-6-10(14)3-4-11(12)15/h3-6,18H,7H2,1-2H3,(H,16,20). The Balaban J connectivity index is 2.05. The first-order valence-electron chi connectivity index (χ1n) is 6.46. The highest BCUT2D eigenvalue weighted by molar-refractivity contribution is 9.11. The van der Waals surface area contributed by atoms with Crippen LogP contribution in [0.5, 0.6) is 0 Å². The van der Waals surface area contributed by atoms with Gasteiger partial charge < -0.3 is 0 Å². The molecule has 0 radical (unpaired) electrons. The predicted octanol–water partition coefficient (Wildman–Crippen LogP) is 2.03. The van der Waals surface area contributed by atoms with Gasteiger partial charge in [0.1, 0.15) is 6.54 Å². The van der Waals surface area contributed by atoms with Gasteiger partial charge in [-0.05, 0) is 54.0 Å². The van der Waals surface area contributed by atoms with Crippen LogP contribution in [0.15, 0.2) is 38.1 Å². The summed E-state index contributed by atoms with van der Waals surface area (Å²) in [6.07, 6.45) is 0. The van der Waals surface area contributed by atoms with E-state index in [0.29, 0.717) is 8.95 Å². The monoisotopic (exact) mass is 464 g/mol. The van der Waals surface area contributed by atoms with Gasteiger partial charge in [0.2, 0.25) is 0 Å². The number of rotatable bonds is 5. The van der Waals surface area contributed by atoms with E-state index in [9.17, 15) is 13.2 Å². The van der Waals surface area contributed by atoms with Crippen LogP contribution in [-0.4, -0.2) is 24.1 Å². The Bertz CT molecular complexity index is 849. The largest absolute Gasteiger partial charge is 0.276 e. The van der Waals surface area contributed by atoms with Crippen molar-refractivity contribution in [2.24, 2.45) is 0 Å². The first-order valence-corrected chi connectivity index (χ1v) is 9.53. The molecular weight excluding hydrogens is 452 g/mol. The topological polar surface area (TPSA) is 93.1 Å². The summed E-state index contributed by atoms with van der Waals surface area (Å²) < 4.78 is 27.0. The minimum absolute atomic E-state index is 0.0123. The molecule has 1 amide bonds. The van der Waals surface area contributed by atoms with Crippen molar-refractivity contribution < 1.29 is 13.2 Å². The molecule has 0 atom stereocenters. The molecule has 0 spiro atoms. The molecule has 2 aromatic rings. The molecule has 0 unspecified atom stereocenters. The Hall–Kier alpha value is -1.23. The molecule has 0 aliphatic rings. The van der Waals surface area contributed by atoms with Crippen molar-refractivity contribution in [1.82, 2.24) is 20.0 Å². The molecule has 7 nitrogen and oxygen atoms in total. The lowest BCUT2D eigenvalue weighted by molar-refractivity contribution is -0.122. The van der Waals surface area contributed by atoms with Crippen molar-refractivity contribution in [3.63, 3.8) is 0 Å². The van der Waals surface area contributed by atoms with E-state index >= 15 is 0 Å². The first-order chi connectivity index (χ1) is 10.7. The number of benzene rings is 1. The summed E-state index contributed by atoms with van der Waals surface area (Å²) in [7, 11) is -3.89. The number of nitrogens with one attached hydrogen (secondary N) is 2. The smallest absolute Gasteiger partial charge is 0.258 e. The van der Waals surface area contributed by atoms with Crippen molar-refractivity contribution in [2.45, 2.75) is 25.3 Å². The summed E-state index contributed by atoms with van der Waals surface area (Å²) >= 11 is 6.38. The number of hydrogen-bond acceptors (Lipinski definition) is 4. The number of sulfonamides is 1. The normalized spacial score (nSPS) is 11.5. The zero-order valence-corrected chi connectivity index (χ0v) is 16.3. The second-order valence-electron chi connectivity index (χ2n) is 4.81. The second kappa shape index (κ2) is 7.12. The van der Waals surface area contributed by atoms with Gasteiger partial charge in [-0.25, -0.2) is 8.42 Å². The van der Waals surface area contributed by atoms with Crippen LogP contribution < -0.4 is 10.3 Å². The lowest BCUT2D eigenvalue weighted by Crippen LogP contribution is -2.43. The fraction of sp³-hybridized carbons (Fsp3) is 0.231. The number of carbonyl (C=O) groups is 1. The third-order valence-electron chi connectivity index (χ3n) is 2.90. The van der Waals surface area contributed by atoms with Crippen molar-refractivity contribution in [3.05, 3.63) is 44.6 Å². The summed E-state index contributed by atoms with van der Waals surface area (Å²) in [6, 6.07) is 6.55. The highest BCUT2D eigenvalue weighted by atomic mass is 79.9. The first kappa shape index (κ1) is 18.1. The highest BCUT2D eigenvalue weighted by Gasteiger charge is 2.19. The van der Waals surface area contributed by atoms with E-state index < -0.39 is 15.9 Å². The van der Waals surface area contributed by atoms with Crippen LogP contribution in [0.4, 0.5) is 0 Å². The maximum atomic E-state index is 12.2. The number of aryl methyl sites for hydroxylation is 2. The van der Waals surface area contributed by atoms with Crippen molar-refractivity contribution in [2.75, 3.05) is 0 Å². The van der Waals surface area contributed by atoms with Crippen molar-refractivity contribution in [1.29, 1.82) is 0 Å². The van der Waals surface area contributed by atoms with E-state index in [2.05, 4.69) is 47.2 Å². The van der Waals surface area contributed by atoms with Crippen molar-refractivity contribution >= 4 is 47.8 Å². The number of carbonyl (C=O) groups excluding carboxylic acids is 1. The molecule has 124 valence electrons. The summed E-state index contributed by atoms with van der Waals surface area (Å²) in [5, 5.41) is 4.14. The molecule has 0 bridgehead atoms. The molecule has 2 rings (SSSR count). The number of amides is 1. The SMILES string of the molecule is Cc1cc(C)n(CC(=O)NNS(=O)(=O)c2cc(Br)ccc2Br)n1. The van der Waals surface area contributed by atoms with Crippen LogP contribution in [0.3, 0.4) is 0 Å². The fourth-order valence-electron chi connectivity index (χ4n) is 1.87. The average molecular weight is 466 g/mol. The molecule has 1 aromatic carbocycles. The Kier molecular flexibility index (Phi) is 5.61. The van der Waals surface area contributed by atoms with Gasteiger partial charge in [0.15, 0.2) is 0 Å². The lowest BCUT2D eigenvalue weighted by Gasteiger charge is -2.10.